The van der Waals surface area contributed by atoms with Crippen molar-refractivity contribution in [3.63, 3.8) is 0 Å². The first-order valence-electron chi connectivity index (χ1n) is 9.40. The number of methoxy groups -OCH3 is 1. The van der Waals surface area contributed by atoms with Gasteiger partial charge < -0.3 is 4.74 Å². The van der Waals surface area contributed by atoms with E-state index in [1.54, 1.807) is 7.11 Å². The van der Waals surface area contributed by atoms with Crippen LogP contribution in [-0.2, 0) is 6.42 Å². The molecule has 2 nitrogen and oxygen atoms in total. The number of fused-ring (bicyclic) bond motifs is 1. The Hall–Kier alpha value is -3.13. The summed E-state index contributed by atoms with van der Waals surface area (Å²) in [5, 5.41) is 2.63. The van der Waals surface area contributed by atoms with Crippen LogP contribution in [0.3, 0.4) is 0 Å². The molecule has 134 valence electrons. The molecule has 0 aliphatic carbocycles. The van der Waals surface area contributed by atoms with Crippen molar-refractivity contribution < 1.29 is 9.30 Å². The number of ether oxygens (including phenoxy) is 1. The highest BCUT2D eigenvalue weighted by Crippen LogP contribution is 2.31. The monoisotopic (exact) mass is 354 g/mol. The van der Waals surface area contributed by atoms with Gasteiger partial charge in [-0.3, -0.25) is 0 Å². The summed E-state index contributed by atoms with van der Waals surface area (Å²) in [6, 6.07) is 27.7. The lowest BCUT2D eigenvalue weighted by atomic mass is 9.95. The minimum absolute atomic E-state index is 0.870. The third-order valence-electron chi connectivity index (χ3n) is 5.22. The van der Waals surface area contributed by atoms with E-state index in [2.05, 4.69) is 85.1 Å². The van der Waals surface area contributed by atoms with E-state index in [9.17, 15) is 0 Å². The van der Waals surface area contributed by atoms with Crippen molar-refractivity contribution in [1.82, 2.24) is 0 Å². The van der Waals surface area contributed by atoms with Gasteiger partial charge in [-0.25, -0.2) is 0 Å². The van der Waals surface area contributed by atoms with Crippen molar-refractivity contribution in [2.45, 2.75) is 20.3 Å². The Morgan fingerprint density at radius 1 is 0.778 bits per heavy atom. The molecule has 4 aromatic rings. The quantitative estimate of drug-likeness (QED) is 0.431. The van der Waals surface area contributed by atoms with Crippen LogP contribution in [0.4, 0.5) is 0 Å². The van der Waals surface area contributed by atoms with Crippen molar-refractivity contribution in [2.24, 2.45) is 0 Å². The maximum Gasteiger partial charge on any atom is 0.222 e. The van der Waals surface area contributed by atoms with E-state index in [1.165, 1.54) is 33.3 Å². The number of aryl methyl sites for hydroxylation is 2. The molecule has 0 bridgehead atoms. The molecule has 4 rings (SSSR count). The molecule has 0 radical (unpaired) electrons. The highest BCUT2D eigenvalue weighted by molar-refractivity contribution is 5.90. The lowest BCUT2D eigenvalue weighted by Crippen LogP contribution is -2.38. The molecule has 2 heteroatoms. The molecule has 1 heterocycles. The standard InChI is InChI=1S/C25H24NO/c1-4-22-24-13-9-8-12-23(24)18(2)26(20-14-16-21(27-3)17-15-20)25(22)19-10-6-5-7-11-19/h5-17H,4H2,1-3H3/q+1. The summed E-state index contributed by atoms with van der Waals surface area (Å²) in [4.78, 5) is 0. The van der Waals surface area contributed by atoms with Gasteiger partial charge in [-0.15, -0.1) is 0 Å². The lowest BCUT2D eigenvalue weighted by molar-refractivity contribution is -0.589. The molecule has 0 N–H and O–H groups in total. The second kappa shape index (κ2) is 7.24. The zero-order valence-corrected chi connectivity index (χ0v) is 16.1. The van der Waals surface area contributed by atoms with Gasteiger partial charge in [0.15, 0.2) is 5.69 Å². The number of hydrogen-bond donors (Lipinski definition) is 0. The predicted octanol–water partition coefficient (Wildman–Crippen LogP) is 5.66. The summed E-state index contributed by atoms with van der Waals surface area (Å²) >= 11 is 0. The average molecular weight is 354 g/mol. The molecule has 0 amide bonds. The molecule has 3 aromatic carbocycles. The molecule has 1 aromatic heterocycles. The van der Waals surface area contributed by atoms with Gasteiger partial charge in [-0.2, -0.15) is 4.57 Å². The van der Waals surface area contributed by atoms with E-state index in [1.807, 2.05) is 12.1 Å². The minimum Gasteiger partial charge on any atom is -0.497 e. The van der Waals surface area contributed by atoms with Crippen LogP contribution in [0.2, 0.25) is 0 Å². The Bertz CT molecular complexity index is 1080. The Labute approximate surface area is 160 Å². The number of benzene rings is 3. The summed E-state index contributed by atoms with van der Waals surface area (Å²) in [5.41, 5.74) is 6.26. The van der Waals surface area contributed by atoms with Gasteiger partial charge in [-0.1, -0.05) is 43.3 Å². The number of rotatable bonds is 4. The molecule has 0 saturated carbocycles. The smallest absolute Gasteiger partial charge is 0.222 e. The van der Waals surface area contributed by atoms with Gasteiger partial charge in [-0.05, 0) is 42.1 Å². The van der Waals surface area contributed by atoms with Crippen molar-refractivity contribution in [3.8, 4) is 22.7 Å². The van der Waals surface area contributed by atoms with Crippen LogP contribution in [0.1, 0.15) is 18.2 Å². The lowest BCUT2D eigenvalue weighted by Gasteiger charge is -2.15. The zero-order chi connectivity index (χ0) is 18.8. The van der Waals surface area contributed by atoms with E-state index >= 15 is 0 Å². The van der Waals surface area contributed by atoms with Gasteiger partial charge in [0.05, 0.1) is 7.11 Å². The summed E-state index contributed by atoms with van der Waals surface area (Å²) in [7, 11) is 1.70. The Morgan fingerprint density at radius 2 is 1.41 bits per heavy atom. The molecule has 0 aliphatic heterocycles. The molecule has 0 aliphatic rings. The highest BCUT2D eigenvalue weighted by Gasteiger charge is 2.26. The van der Waals surface area contributed by atoms with Crippen LogP contribution in [0.25, 0.3) is 27.7 Å². The maximum atomic E-state index is 5.36. The number of aromatic nitrogens is 1. The molecule has 0 saturated heterocycles. The fourth-order valence-electron chi connectivity index (χ4n) is 3.92. The third kappa shape index (κ3) is 2.97. The minimum atomic E-state index is 0.870. The van der Waals surface area contributed by atoms with Gasteiger partial charge >= 0.3 is 0 Å². The van der Waals surface area contributed by atoms with Gasteiger partial charge in [0.1, 0.15) is 5.75 Å². The normalized spacial score (nSPS) is 10.9. The molecular weight excluding hydrogens is 330 g/mol. The second-order valence-corrected chi connectivity index (χ2v) is 6.71. The molecule has 0 spiro atoms. The SMILES string of the molecule is CCc1c(-c2ccccc2)[n+](-c2ccc(OC)cc2)c(C)c2ccccc12. The topological polar surface area (TPSA) is 13.1 Å². The van der Waals surface area contributed by atoms with Crippen LogP contribution in [0.5, 0.6) is 5.75 Å². The van der Waals surface area contributed by atoms with Crippen molar-refractivity contribution in [3.05, 3.63) is 90.1 Å². The first-order valence-corrected chi connectivity index (χ1v) is 9.40. The van der Waals surface area contributed by atoms with Crippen LogP contribution >= 0.6 is 0 Å². The van der Waals surface area contributed by atoms with Crippen molar-refractivity contribution in [2.75, 3.05) is 7.11 Å². The first-order chi connectivity index (χ1) is 13.2. The fourth-order valence-corrected chi connectivity index (χ4v) is 3.92. The number of hydrogen-bond acceptors (Lipinski definition) is 1. The maximum absolute atomic E-state index is 5.36. The van der Waals surface area contributed by atoms with Gasteiger partial charge in [0, 0.05) is 35.6 Å². The van der Waals surface area contributed by atoms with E-state index in [4.69, 9.17) is 4.74 Å². The summed E-state index contributed by atoms with van der Waals surface area (Å²) in [5.74, 6) is 0.870. The van der Waals surface area contributed by atoms with Crippen molar-refractivity contribution >= 4 is 10.8 Å². The Balaban J connectivity index is 2.13. The number of nitrogens with zero attached hydrogens (tertiary/aromatic N) is 1. The van der Waals surface area contributed by atoms with E-state index in [-0.39, 0.29) is 0 Å². The Kier molecular flexibility index (Phi) is 4.64. The highest BCUT2D eigenvalue weighted by atomic mass is 16.5. The second-order valence-electron chi connectivity index (χ2n) is 6.71. The first kappa shape index (κ1) is 17.3. The molecule has 0 unspecified atom stereocenters. The van der Waals surface area contributed by atoms with E-state index in [0.717, 1.165) is 17.9 Å². The predicted molar refractivity (Wildman–Crippen MR) is 112 cm³/mol. The van der Waals surface area contributed by atoms with Crippen LogP contribution in [0.15, 0.2) is 78.9 Å². The number of pyridine rings is 1. The molecule has 0 atom stereocenters. The fraction of sp³-hybridized carbons (Fsp3) is 0.160. The van der Waals surface area contributed by atoms with E-state index in [0.29, 0.717) is 0 Å². The van der Waals surface area contributed by atoms with E-state index < -0.39 is 0 Å². The summed E-state index contributed by atoms with van der Waals surface area (Å²) in [6.45, 7) is 4.44. The molecule has 27 heavy (non-hydrogen) atoms. The Morgan fingerprint density at radius 3 is 2.04 bits per heavy atom. The summed E-state index contributed by atoms with van der Waals surface area (Å²) in [6.07, 6.45) is 0.973. The third-order valence-corrected chi connectivity index (χ3v) is 5.22. The van der Waals surface area contributed by atoms with Crippen molar-refractivity contribution in [1.29, 1.82) is 0 Å². The van der Waals surface area contributed by atoms with Gasteiger partial charge in [0.25, 0.3) is 0 Å². The van der Waals surface area contributed by atoms with Crippen LogP contribution in [-0.4, -0.2) is 7.11 Å². The zero-order valence-electron chi connectivity index (χ0n) is 16.1. The average Bonchev–Trinajstić information content (AvgIpc) is 2.74. The summed E-state index contributed by atoms with van der Waals surface area (Å²) < 4.78 is 7.74. The van der Waals surface area contributed by atoms with Crippen LogP contribution < -0.4 is 9.30 Å². The van der Waals surface area contributed by atoms with Crippen LogP contribution in [0, 0.1) is 6.92 Å². The molecule has 0 fully saturated rings. The molecular formula is C25H24NO+. The largest absolute Gasteiger partial charge is 0.497 e. The van der Waals surface area contributed by atoms with Gasteiger partial charge in [0.2, 0.25) is 11.4 Å².